The molecule has 7 heteroatoms. The largest absolute Gasteiger partial charge is 0.508 e. The van der Waals surface area contributed by atoms with Crippen LogP contribution in [0, 0.1) is 11.3 Å². The van der Waals surface area contributed by atoms with Crippen LogP contribution in [0.1, 0.15) is 22.8 Å². The van der Waals surface area contributed by atoms with Crippen molar-refractivity contribution >= 4 is 23.6 Å². The first-order valence-electron chi connectivity index (χ1n) is 7.67. The van der Waals surface area contributed by atoms with E-state index in [0.717, 1.165) is 0 Å². The predicted molar refractivity (Wildman–Crippen MR) is 94.9 cm³/mol. The van der Waals surface area contributed by atoms with Crippen molar-refractivity contribution in [1.82, 2.24) is 0 Å². The lowest BCUT2D eigenvalue weighted by Gasteiger charge is -2.09. The highest BCUT2D eigenvalue weighted by Gasteiger charge is 2.13. The topological polar surface area (TPSA) is 120 Å². The summed E-state index contributed by atoms with van der Waals surface area (Å²) in [6.07, 6.45) is 1.27. The molecular formula is C19H16N2O5. The van der Waals surface area contributed by atoms with Crippen LogP contribution in [0.3, 0.4) is 0 Å². The second-order valence-electron chi connectivity index (χ2n) is 5.16. The number of carboxylic acid groups (broad SMARTS) is 1. The molecule has 0 aromatic heterocycles. The van der Waals surface area contributed by atoms with Crippen LogP contribution < -0.4 is 10.1 Å². The van der Waals surface area contributed by atoms with Crippen LogP contribution in [-0.4, -0.2) is 28.7 Å². The van der Waals surface area contributed by atoms with Crippen LogP contribution >= 0.6 is 0 Å². The van der Waals surface area contributed by atoms with Gasteiger partial charge in [-0.2, -0.15) is 5.26 Å². The third-order valence-corrected chi connectivity index (χ3v) is 3.35. The molecule has 26 heavy (non-hydrogen) atoms. The number of hydrogen-bond donors (Lipinski definition) is 3. The fourth-order valence-electron chi connectivity index (χ4n) is 2.13. The van der Waals surface area contributed by atoms with Gasteiger partial charge < -0.3 is 20.3 Å². The van der Waals surface area contributed by atoms with E-state index in [0.29, 0.717) is 23.6 Å². The van der Waals surface area contributed by atoms with Gasteiger partial charge in [0, 0.05) is 11.3 Å². The number of carboxylic acids is 1. The first-order valence-corrected chi connectivity index (χ1v) is 7.67. The van der Waals surface area contributed by atoms with Crippen molar-refractivity contribution in [3.05, 3.63) is 59.2 Å². The van der Waals surface area contributed by atoms with Crippen LogP contribution in [0.25, 0.3) is 6.08 Å². The van der Waals surface area contributed by atoms with Gasteiger partial charge in [0.05, 0.1) is 12.2 Å². The molecule has 0 radical (unpaired) electrons. The minimum Gasteiger partial charge on any atom is -0.508 e. The van der Waals surface area contributed by atoms with Crippen molar-refractivity contribution in [3.63, 3.8) is 0 Å². The molecule has 0 spiro atoms. The van der Waals surface area contributed by atoms with E-state index in [-0.39, 0.29) is 16.9 Å². The van der Waals surface area contributed by atoms with E-state index in [9.17, 15) is 20.0 Å². The van der Waals surface area contributed by atoms with Crippen LogP contribution in [-0.2, 0) is 4.79 Å². The second kappa shape index (κ2) is 8.35. The number of aromatic carboxylic acids is 1. The second-order valence-corrected chi connectivity index (χ2v) is 5.16. The Hall–Kier alpha value is -3.79. The first kappa shape index (κ1) is 18.5. The van der Waals surface area contributed by atoms with E-state index in [1.807, 2.05) is 0 Å². The van der Waals surface area contributed by atoms with Gasteiger partial charge in [-0.15, -0.1) is 0 Å². The zero-order valence-electron chi connectivity index (χ0n) is 13.9. The molecule has 3 N–H and O–H groups in total. The molecule has 0 aliphatic rings. The lowest BCUT2D eigenvalue weighted by Crippen LogP contribution is -2.13. The third-order valence-electron chi connectivity index (χ3n) is 3.35. The van der Waals surface area contributed by atoms with Crippen LogP contribution in [0.4, 0.5) is 5.69 Å². The number of carbonyl (C=O) groups is 2. The van der Waals surface area contributed by atoms with E-state index >= 15 is 0 Å². The van der Waals surface area contributed by atoms with E-state index in [4.69, 9.17) is 9.84 Å². The summed E-state index contributed by atoms with van der Waals surface area (Å²) in [4.78, 5) is 23.5. The molecule has 0 atom stereocenters. The van der Waals surface area contributed by atoms with Crippen LogP contribution in [0.15, 0.2) is 48.0 Å². The molecule has 2 rings (SSSR count). The summed E-state index contributed by atoms with van der Waals surface area (Å²) in [5.41, 5.74) is 0.500. The molecular weight excluding hydrogens is 336 g/mol. The average Bonchev–Trinajstić information content (AvgIpc) is 2.62. The maximum absolute atomic E-state index is 12.3. The van der Waals surface area contributed by atoms with Crippen molar-refractivity contribution < 1.29 is 24.5 Å². The lowest BCUT2D eigenvalue weighted by atomic mass is 10.1. The van der Waals surface area contributed by atoms with E-state index in [1.54, 1.807) is 13.0 Å². The number of hydrogen-bond acceptors (Lipinski definition) is 5. The maximum atomic E-state index is 12.3. The minimum atomic E-state index is -1.13. The number of anilines is 1. The molecule has 132 valence electrons. The van der Waals surface area contributed by atoms with Gasteiger partial charge in [-0.05, 0) is 55.5 Å². The number of benzene rings is 2. The van der Waals surface area contributed by atoms with Crippen molar-refractivity contribution in [3.8, 4) is 17.6 Å². The molecule has 0 heterocycles. The number of rotatable bonds is 6. The average molecular weight is 352 g/mol. The van der Waals surface area contributed by atoms with Crippen molar-refractivity contribution in [2.24, 2.45) is 0 Å². The molecule has 2 aromatic carbocycles. The highest BCUT2D eigenvalue weighted by atomic mass is 16.5. The number of amides is 1. The Labute approximate surface area is 149 Å². The highest BCUT2D eigenvalue weighted by Crippen LogP contribution is 2.24. The van der Waals surface area contributed by atoms with Gasteiger partial charge in [-0.25, -0.2) is 4.79 Å². The smallest absolute Gasteiger partial charge is 0.335 e. The Balaban J connectivity index is 2.35. The molecule has 1 amide bonds. The zero-order chi connectivity index (χ0) is 19.1. The quantitative estimate of drug-likeness (QED) is 0.417. The van der Waals surface area contributed by atoms with Crippen LogP contribution in [0.2, 0.25) is 0 Å². The summed E-state index contributed by atoms with van der Waals surface area (Å²) in [5, 5.41) is 30.2. The molecule has 0 saturated carbocycles. The molecule has 2 aromatic rings. The van der Waals surface area contributed by atoms with E-state index in [2.05, 4.69) is 5.32 Å². The van der Waals surface area contributed by atoms with Crippen LogP contribution in [0.5, 0.6) is 11.5 Å². The Bertz CT molecular complexity index is 895. The number of nitrogens with zero attached hydrogens (tertiary/aromatic N) is 1. The molecule has 0 unspecified atom stereocenters. The first-order chi connectivity index (χ1) is 12.4. The molecule has 0 fully saturated rings. The summed E-state index contributed by atoms with van der Waals surface area (Å²) in [6, 6.07) is 11.8. The Morgan fingerprint density at radius 1 is 1.23 bits per heavy atom. The van der Waals surface area contributed by atoms with E-state index in [1.165, 1.54) is 48.5 Å². The normalized spacial score (nSPS) is 10.7. The molecule has 0 bridgehead atoms. The van der Waals surface area contributed by atoms with Gasteiger partial charge in [0.25, 0.3) is 5.91 Å². The number of phenols is 1. The Kier molecular flexibility index (Phi) is 5.96. The predicted octanol–water partition coefficient (Wildman–Crippen LogP) is 3.03. The highest BCUT2D eigenvalue weighted by molar-refractivity contribution is 6.10. The van der Waals surface area contributed by atoms with Gasteiger partial charge in [0.2, 0.25) is 0 Å². The van der Waals surface area contributed by atoms with Crippen molar-refractivity contribution in [1.29, 1.82) is 5.26 Å². The zero-order valence-corrected chi connectivity index (χ0v) is 13.9. The molecule has 0 saturated heterocycles. The molecule has 0 aliphatic carbocycles. The number of carbonyl (C=O) groups excluding carboxylic acids is 1. The SMILES string of the molecule is CCOc1ccc(C(=O)O)cc1/C=C(\C#N)C(=O)Nc1ccc(O)cc1. The number of phenolic OH excluding ortho intramolecular Hbond substituents is 1. The van der Waals surface area contributed by atoms with Gasteiger partial charge >= 0.3 is 5.97 Å². The Morgan fingerprint density at radius 3 is 2.50 bits per heavy atom. The fraction of sp³-hybridized carbons (Fsp3) is 0.105. The summed E-state index contributed by atoms with van der Waals surface area (Å²) in [6.45, 7) is 2.11. The standard InChI is InChI=1S/C19H16N2O5/c1-2-26-17-8-3-12(19(24)25)9-13(17)10-14(11-20)18(23)21-15-4-6-16(22)7-5-15/h3-10,22H,2H2,1H3,(H,21,23)(H,24,25)/b14-10+. The van der Waals surface area contributed by atoms with Crippen molar-refractivity contribution in [2.45, 2.75) is 6.92 Å². The Morgan fingerprint density at radius 2 is 1.92 bits per heavy atom. The van der Waals surface area contributed by atoms with Gasteiger partial charge in [-0.3, -0.25) is 4.79 Å². The van der Waals surface area contributed by atoms with Crippen molar-refractivity contribution in [2.75, 3.05) is 11.9 Å². The summed E-state index contributed by atoms with van der Waals surface area (Å²) in [7, 11) is 0. The molecule has 0 aliphatic heterocycles. The third kappa shape index (κ3) is 4.61. The monoisotopic (exact) mass is 352 g/mol. The summed E-state index contributed by atoms with van der Waals surface area (Å²) < 4.78 is 5.42. The number of nitriles is 1. The number of ether oxygens (including phenoxy) is 1. The van der Waals surface area contributed by atoms with Gasteiger partial charge in [-0.1, -0.05) is 0 Å². The maximum Gasteiger partial charge on any atom is 0.335 e. The van der Waals surface area contributed by atoms with Gasteiger partial charge in [0.15, 0.2) is 0 Å². The van der Waals surface area contributed by atoms with E-state index < -0.39 is 11.9 Å². The summed E-state index contributed by atoms with van der Waals surface area (Å²) >= 11 is 0. The fourth-order valence-corrected chi connectivity index (χ4v) is 2.13. The number of nitrogens with one attached hydrogen (secondary N) is 1. The minimum absolute atomic E-state index is 0.0101. The lowest BCUT2D eigenvalue weighted by molar-refractivity contribution is -0.112. The number of aromatic hydroxyl groups is 1. The van der Waals surface area contributed by atoms with Gasteiger partial charge in [0.1, 0.15) is 23.1 Å². The molecule has 7 nitrogen and oxygen atoms in total. The summed E-state index contributed by atoms with van der Waals surface area (Å²) in [5.74, 6) is -1.38.